The lowest BCUT2D eigenvalue weighted by Gasteiger charge is -2.18. The van der Waals surface area contributed by atoms with E-state index in [9.17, 15) is 0 Å². The Morgan fingerprint density at radius 2 is 2.19 bits per heavy atom. The second-order valence-corrected chi connectivity index (χ2v) is 4.83. The summed E-state index contributed by atoms with van der Waals surface area (Å²) in [7, 11) is 0. The predicted molar refractivity (Wildman–Crippen MR) is 64.4 cm³/mol. The average molecular weight is 246 g/mol. The van der Waals surface area contributed by atoms with Crippen molar-refractivity contribution in [1.82, 2.24) is 10.1 Å². The summed E-state index contributed by atoms with van der Waals surface area (Å²) in [5.41, 5.74) is 5.64. The van der Waals surface area contributed by atoms with Crippen molar-refractivity contribution >= 4 is 12.4 Å². The van der Waals surface area contributed by atoms with Crippen LogP contribution in [0.1, 0.15) is 51.2 Å². The molecule has 2 N–H and O–H groups in total. The van der Waals surface area contributed by atoms with Gasteiger partial charge >= 0.3 is 0 Å². The first-order valence-corrected chi connectivity index (χ1v) is 5.74. The third kappa shape index (κ3) is 3.19. The maximum atomic E-state index is 6.11. The fourth-order valence-corrected chi connectivity index (χ4v) is 1.78. The van der Waals surface area contributed by atoms with E-state index in [4.69, 9.17) is 10.3 Å². The molecule has 0 aliphatic heterocycles. The van der Waals surface area contributed by atoms with Crippen LogP contribution >= 0.6 is 12.4 Å². The molecule has 1 aliphatic carbocycles. The van der Waals surface area contributed by atoms with Crippen molar-refractivity contribution in [3.8, 4) is 0 Å². The SMILES string of the molecule is CCCC(C)(N)c1nc(CC2CC2)no1.Cl. The van der Waals surface area contributed by atoms with Gasteiger partial charge in [0.25, 0.3) is 0 Å². The van der Waals surface area contributed by atoms with Crippen molar-refractivity contribution in [2.24, 2.45) is 11.7 Å². The summed E-state index contributed by atoms with van der Waals surface area (Å²) in [6.07, 6.45) is 5.45. The lowest BCUT2D eigenvalue weighted by atomic mass is 9.98. The molecular weight excluding hydrogens is 226 g/mol. The van der Waals surface area contributed by atoms with Crippen molar-refractivity contribution in [3.63, 3.8) is 0 Å². The highest BCUT2D eigenvalue weighted by Crippen LogP contribution is 2.32. The lowest BCUT2D eigenvalue weighted by molar-refractivity contribution is 0.282. The van der Waals surface area contributed by atoms with E-state index in [-0.39, 0.29) is 12.4 Å². The standard InChI is InChI=1S/C11H19N3O.ClH/c1-3-6-11(2,12)10-13-9(14-15-10)7-8-4-5-8;/h8H,3-7,12H2,1-2H3;1H. The van der Waals surface area contributed by atoms with Crippen LogP contribution in [0.25, 0.3) is 0 Å². The summed E-state index contributed by atoms with van der Waals surface area (Å²) in [5, 5.41) is 3.98. The first-order chi connectivity index (χ1) is 7.12. The van der Waals surface area contributed by atoms with E-state index in [0.29, 0.717) is 5.89 Å². The van der Waals surface area contributed by atoms with E-state index in [1.54, 1.807) is 0 Å². The van der Waals surface area contributed by atoms with Gasteiger partial charge in [-0.2, -0.15) is 4.98 Å². The molecule has 0 aromatic carbocycles. The van der Waals surface area contributed by atoms with Crippen molar-refractivity contribution in [1.29, 1.82) is 0 Å². The highest BCUT2D eigenvalue weighted by Gasteiger charge is 2.29. The largest absolute Gasteiger partial charge is 0.337 e. The first kappa shape index (κ1) is 13.5. The van der Waals surface area contributed by atoms with E-state index < -0.39 is 5.54 Å². The van der Waals surface area contributed by atoms with E-state index in [1.165, 1.54) is 12.8 Å². The minimum atomic E-state index is -0.469. The van der Waals surface area contributed by atoms with Gasteiger partial charge < -0.3 is 10.3 Å². The number of hydrogen-bond donors (Lipinski definition) is 1. The summed E-state index contributed by atoms with van der Waals surface area (Å²) in [6.45, 7) is 4.05. The second kappa shape index (κ2) is 5.15. The topological polar surface area (TPSA) is 64.9 Å². The maximum absolute atomic E-state index is 6.11. The average Bonchev–Trinajstić information content (AvgIpc) is 2.81. The molecule has 0 bridgehead atoms. The third-order valence-electron chi connectivity index (χ3n) is 2.89. The highest BCUT2D eigenvalue weighted by atomic mass is 35.5. The normalized spacial score (nSPS) is 18.9. The number of aromatic nitrogens is 2. The Hall–Kier alpha value is -0.610. The molecule has 0 radical (unpaired) electrons. The molecule has 0 spiro atoms. The van der Waals surface area contributed by atoms with Crippen LogP contribution in [0.15, 0.2) is 4.52 Å². The zero-order valence-electron chi connectivity index (χ0n) is 9.90. The molecule has 92 valence electrons. The predicted octanol–water partition coefficient (Wildman–Crippen LogP) is 2.42. The smallest absolute Gasteiger partial charge is 0.246 e. The Kier molecular flexibility index (Phi) is 4.33. The zero-order chi connectivity index (χ0) is 10.9. The molecule has 1 atom stereocenters. The molecule has 2 rings (SSSR count). The molecule has 0 amide bonds. The van der Waals surface area contributed by atoms with Gasteiger partial charge in [-0.15, -0.1) is 12.4 Å². The van der Waals surface area contributed by atoms with Gasteiger partial charge in [0.15, 0.2) is 5.82 Å². The van der Waals surface area contributed by atoms with Gasteiger partial charge in [-0.3, -0.25) is 0 Å². The molecule has 1 fully saturated rings. The summed E-state index contributed by atoms with van der Waals surface area (Å²) in [6, 6.07) is 0. The molecular formula is C11H20ClN3O. The molecule has 1 aromatic heterocycles. The molecule has 1 saturated carbocycles. The van der Waals surface area contributed by atoms with Gasteiger partial charge in [0.2, 0.25) is 5.89 Å². The fraction of sp³-hybridized carbons (Fsp3) is 0.818. The fourth-order valence-electron chi connectivity index (χ4n) is 1.78. The van der Waals surface area contributed by atoms with Crippen molar-refractivity contribution in [2.75, 3.05) is 0 Å². The van der Waals surface area contributed by atoms with E-state index in [2.05, 4.69) is 17.1 Å². The number of halogens is 1. The van der Waals surface area contributed by atoms with Crippen LogP contribution in [-0.4, -0.2) is 10.1 Å². The van der Waals surface area contributed by atoms with E-state index in [0.717, 1.165) is 31.0 Å². The van der Waals surface area contributed by atoms with Gasteiger partial charge in [-0.1, -0.05) is 18.5 Å². The van der Waals surface area contributed by atoms with Crippen molar-refractivity contribution < 1.29 is 4.52 Å². The maximum Gasteiger partial charge on any atom is 0.246 e. The van der Waals surface area contributed by atoms with Crippen LogP contribution in [0, 0.1) is 5.92 Å². The lowest BCUT2D eigenvalue weighted by Crippen LogP contribution is -2.33. The summed E-state index contributed by atoms with van der Waals surface area (Å²) in [5.74, 6) is 2.19. The summed E-state index contributed by atoms with van der Waals surface area (Å²) in [4.78, 5) is 4.38. The zero-order valence-corrected chi connectivity index (χ0v) is 10.7. The molecule has 16 heavy (non-hydrogen) atoms. The second-order valence-electron chi connectivity index (χ2n) is 4.83. The number of nitrogens with two attached hydrogens (primary N) is 1. The Morgan fingerprint density at radius 3 is 2.75 bits per heavy atom. The van der Waals surface area contributed by atoms with Crippen LogP contribution in [0.3, 0.4) is 0 Å². The van der Waals surface area contributed by atoms with Gasteiger partial charge in [-0.25, -0.2) is 0 Å². The Bertz CT molecular complexity index is 334. The van der Waals surface area contributed by atoms with Crippen molar-refractivity contribution in [3.05, 3.63) is 11.7 Å². The van der Waals surface area contributed by atoms with Gasteiger partial charge in [-0.05, 0) is 32.1 Å². The molecule has 1 heterocycles. The molecule has 4 nitrogen and oxygen atoms in total. The van der Waals surface area contributed by atoms with Crippen molar-refractivity contribution in [2.45, 2.75) is 51.5 Å². The Balaban J connectivity index is 0.00000128. The monoisotopic (exact) mass is 245 g/mol. The van der Waals surface area contributed by atoms with E-state index >= 15 is 0 Å². The van der Waals surface area contributed by atoms with Crippen LogP contribution in [0.4, 0.5) is 0 Å². The summed E-state index contributed by atoms with van der Waals surface area (Å²) < 4.78 is 5.22. The minimum absolute atomic E-state index is 0. The Morgan fingerprint density at radius 1 is 1.50 bits per heavy atom. The molecule has 5 heteroatoms. The number of nitrogens with zero attached hydrogens (tertiary/aromatic N) is 2. The molecule has 1 aliphatic rings. The van der Waals surface area contributed by atoms with Gasteiger partial charge in [0, 0.05) is 6.42 Å². The molecule has 1 aromatic rings. The third-order valence-corrected chi connectivity index (χ3v) is 2.89. The van der Waals surface area contributed by atoms with Gasteiger partial charge in [0.1, 0.15) is 0 Å². The molecule has 1 unspecified atom stereocenters. The van der Waals surface area contributed by atoms with E-state index in [1.807, 2.05) is 6.92 Å². The van der Waals surface area contributed by atoms with Crippen LogP contribution in [0.5, 0.6) is 0 Å². The van der Waals surface area contributed by atoms with Crippen LogP contribution < -0.4 is 5.73 Å². The van der Waals surface area contributed by atoms with Crippen LogP contribution in [0.2, 0.25) is 0 Å². The first-order valence-electron chi connectivity index (χ1n) is 5.74. The quantitative estimate of drug-likeness (QED) is 0.865. The van der Waals surface area contributed by atoms with Crippen LogP contribution in [-0.2, 0) is 12.0 Å². The number of hydrogen-bond acceptors (Lipinski definition) is 4. The highest BCUT2D eigenvalue weighted by molar-refractivity contribution is 5.85. The minimum Gasteiger partial charge on any atom is -0.337 e. The van der Waals surface area contributed by atoms with Gasteiger partial charge in [0.05, 0.1) is 5.54 Å². The molecule has 0 saturated heterocycles. The number of rotatable bonds is 5. The Labute approximate surface area is 102 Å². The summed E-state index contributed by atoms with van der Waals surface area (Å²) >= 11 is 0.